The molecule has 3 aromatic rings. The molecule has 0 unspecified atom stereocenters. The topological polar surface area (TPSA) is 86.2 Å². The van der Waals surface area contributed by atoms with Crippen molar-refractivity contribution < 1.29 is 23.8 Å². The van der Waals surface area contributed by atoms with Gasteiger partial charge in [-0.05, 0) is 67.1 Å². The van der Waals surface area contributed by atoms with Gasteiger partial charge >= 0.3 is 5.97 Å². The van der Waals surface area contributed by atoms with E-state index in [1.165, 1.54) is 25.5 Å². The number of hydrogen-bond donors (Lipinski definition) is 1. The normalized spacial score (nSPS) is 10.7. The molecule has 0 saturated carbocycles. The lowest BCUT2D eigenvalue weighted by molar-refractivity contribution is 0.0728. The van der Waals surface area contributed by atoms with Crippen LogP contribution in [0.3, 0.4) is 0 Å². The summed E-state index contributed by atoms with van der Waals surface area (Å²) in [6.45, 7) is 2.15. The van der Waals surface area contributed by atoms with Crippen molar-refractivity contribution in [2.45, 2.75) is 6.92 Å². The summed E-state index contributed by atoms with van der Waals surface area (Å²) in [5.74, 6) is 0.0765. The van der Waals surface area contributed by atoms with Crippen molar-refractivity contribution in [3.8, 4) is 17.2 Å². The van der Waals surface area contributed by atoms with E-state index in [-0.39, 0.29) is 22.2 Å². The van der Waals surface area contributed by atoms with Gasteiger partial charge in [0.05, 0.1) is 30.5 Å². The Hall–Kier alpha value is -3.55. The Morgan fingerprint density at radius 1 is 1.03 bits per heavy atom. The van der Waals surface area contributed by atoms with Crippen LogP contribution in [-0.2, 0) is 0 Å². The summed E-state index contributed by atoms with van der Waals surface area (Å²) < 4.78 is 16.2. The van der Waals surface area contributed by atoms with E-state index < -0.39 is 5.97 Å². The monoisotopic (exact) mass is 486 g/mol. The van der Waals surface area contributed by atoms with Crippen molar-refractivity contribution in [3.05, 3.63) is 87.4 Å². The van der Waals surface area contributed by atoms with Gasteiger partial charge in [0.25, 0.3) is 5.91 Å². The molecule has 7 nitrogen and oxygen atoms in total. The summed E-state index contributed by atoms with van der Waals surface area (Å²) in [5, 5.41) is 4.57. The van der Waals surface area contributed by atoms with Crippen LogP contribution in [0, 0.1) is 0 Å². The van der Waals surface area contributed by atoms with Crippen LogP contribution < -0.4 is 19.6 Å². The summed E-state index contributed by atoms with van der Waals surface area (Å²) in [4.78, 5) is 24.8. The van der Waals surface area contributed by atoms with E-state index in [4.69, 9.17) is 37.4 Å². The molecular formula is C24H20Cl2N2O5. The number of carbonyl (C=O) groups excluding carboxylic acids is 2. The average molecular weight is 487 g/mol. The smallest absolute Gasteiger partial charge is 0.345 e. The summed E-state index contributed by atoms with van der Waals surface area (Å²) >= 11 is 12.0. The van der Waals surface area contributed by atoms with Crippen molar-refractivity contribution in [2.75, 3.05) is 13.7 Å². The zero-order valence-corrected chi connectivity index (χ0v) is 19.3. The highest BCUT2D eigenvalue weighted by atomic mass is 35.5. The van der Waals surface area contributed by atoms with Crippen LogP contribution in [0.2, 0.25) is 10.0 Å². The highest BCUT2D eigenvalue weighted by Gasteiger charge is 2.16. The number of esters is 1. The first-order valence-corrected chi connectivity index (χ1v) is 10.6. The Kier molecular flexibility index (Phi) is 8.29. The Morgan fingerprint density at radius 3 is 2.58 bits per heavy atom. The minimum atomic E-state index is -0.649. The number of carbonyl (C=O) groups is 2. The SMILES string of the molecule is CCOc1cc(/C=N/NC(=O)c2cccc(OC)c2)ccc1OC(=O)c1ccc(Cl)cc1Cl. The van der Waals surface area contributed by atoms with E-state index in [0.29, 0.717) is 34.3 Å². The van der Waals surface area contributed by atoms with Gasteiger partial charge in [-0.15, -0.1) is 0 Å². The molecule has 0 aromatic heterocycles. The molecule has 1 amide bonds. The van der Waals surface area contributed by atoms with Gasteiger partial charge in [-0.2, -0.15) is 5.10 Å². The minimum Gasteiger partial charge on any atom is -0.497 e. The largest absolute Gasteiger partial charge is 0.497 e. The predicted molar refractivity (Wildman–Crippen MR) is 127 cm³/mol. The molecule has 0 radical (unpaired) electrons. The molecule has 0 aliphatic carbocycles. The number of nitrogens with zero attached hydrogens (tertiary/aromatic N) is 1. The van der Waals surface area contributed by atoms with Gasteiger partial charge in [-0.1, -0.05) is 29.3 Å². The highest BCUT2D eigenvalue weighted by molar-refractivity contribution is 6.36. The van der Waals surface area contributed by atoms with E-state index in [1.54, 1.807) is 55.5 Å². The molecule has 1 N–H and O–H groups in total. The lowest BCUT2D eigenvalue weighted by atomic mass is 10.2. The lowest BCUT2D eigenvalue weighted by Gasteiger charge is -2.12. The van der Waals surface area contributed by atoms with Gasteiger partial charge in [0.2, 0.25) is 0 Å². The Bertz CT molecular complexity index is 1200. The zero-order chi connectivity index (χ0) is 23.8. The van der Waals surface area contributed by atoms with E-state index >= 15 is 0 Å². The van der Waals surface area contributed by atoms with Gasteiger partial charge in [-0.3, -0.25) is 4.79 Å². The number of hydrogen-bond acceptors (Lipinski definition) is 6. The first-order chi connectivity index (χ1) is 15.9. The summed E-state index contributed by atoms with van der Waals surface area (Å²) in [6, 6.07) is 16.1. The average Bonchev–Trinajstić information content (AvgIpc) is 2.80. The second-order valence-corrected chi connectivity index (χ2v) is 7.43. The maximum absolute atomic E-state index is 12.5. The van der Waals surface area contributed by atoms with Crippen molar-refractivity contribution in [3.63, 3.8) is 0 Å². The zero-order valence-electron chi connectivity index (χ0n) is 17.8. The van der Waals surface area contributed by atoms with Crippen LogP contribution in [0.1, 0.15) is 33.2 Å². The van der Waals surface area contributed by atoms with E-state index in [2.05, 4.69) is 10.5 Å². The molecule has 33 heavy (non-hydrogen) atoms. The standard InChI is InChI=1S/C24H20Cl2N2O5/c1-3-32-22-11-15(14-27-28-23(29)16-5-4-6-18(12-16)31-2)7-10-21(22)33-24(30)19-9-8-17(25)13-20(19)26/h4-14H,3H2,1-2H3,(H,28,29)/b27-14+. The fourth-order valence-electron chi connectivity index (χ4n) is 2.76. The Balaban J connectivity index is 1.72. The molecule has 3 aromatic carbocycles. The fraction of sp³-hybridized carbons (Fsp3) is 0.125. The fourth-order valence-corrected chi connectivity index (χ4v) is 3.25. The third-order valence-electron chi connectivity index (χ3n) is 4.33. The van der Waals surface area contributed by atoms with Crippen LogP contribution in [0.25, 0.3) is 0 Å². The van der Waals surface area contributed by atoms with Crippen LogP contribution in [0.15, 0.2) is 65.8 Å². The first-order valence-electron chi connectivity index (χ1n) is 9.82. The van der Waals surface area contributed by atoms with Crippen LogP contribution >= 0.6 is 23.2 Å². The number of nitrogens with one attached hydrogen (secondary N) is 1. The first kappa shape index (κ1) is 24.1. The minimum absolute atomic E-state index is 0.175. The van der Waals surface area contributed by atoms with Gasteiger partial charge in [0, 0.05) is 10.6 Å². The maximum atomic E-state index is 12.5. The molecule has 0 saturated heterocycles. The highest BCUT2D eigenvalue weighted by Crippen LogP contribution is 2.30. The summed E-state index contributed by atoms with van der Waals surface area (Å²) in [6.07, 6.45) is 1.45. The number of rotatable bonds is 8. The third-order valence-corrected chi connectivity index (χ3v) is 4.88. The van der Waals surface area contributed by atoms with Gasteiger partial charge < -0.3 is 14.2 Å². The second kappa shape index (κ2) is 11.4. The molecule has 9 heteroatoms. The number of benzene rings is 3. The molecule has 0 fully saturated rings. The Labute approximate surface area is 200 Å². The van der Waals surface area contributed by atoms with Crippen molar-refractivity contribution in [1.82, 2.24) is 5.43 Å². The molecule has 0 spiro atoms. The summed E-state index contributed by atoms with van der Waals surface area (Å²) in [7, 11) is 1.52. The third kappa shape index (κ3) is 6.47. The summed E-state index contributed by atoms with van der Waals surface area (Å²) in [5.41, 5.74) is 3.65. The van der Waals surface area contributed by atoms with Gasteiger partial charge in [-0.25, -0.2) is 10.2 Å². The molecule has 0 aliphatic heterocycles. The number of hydrazone groups is 1. The van der Waals surface area contributed by atoms with Gasteiger partial charge in [0.1, 0.15) is 5.75 Å². The van der Waals surface area contributed by atoms with Crippen molar-refractivity contribution in [1.29, 1.82) is 0 Å². The quantitative estimate of drug-likeness (QED) is 0.200. The molecule has 0 heterocycles. The number of amides is 1. The second-order valence-electron chi connectivity index (χ2n) is 6.58. The van der Waals surface area contributed by atoms with E-state index in [9.17, 15) is 9.59 Å². The number of halogens is 2. The molecular weight excluding hydrogens is 467 g/mol. The molecule has 3 rings (SSSR count). The predicted octanol–water partition coefficient (Wildman–Crippen LogP) is 5.38. The van der Waals surface area contributed by atoms with Crippen LogP contribution in [0.5, 0.6) is 17.2 Å². The lowest BCUT2D eigenvalue weighted by Crippen LogP contribution is -2.17. The van der Waals surface area contributed by atoms with Crippen LogP contribution in [-0.4, -0.2) is 31.8 Å². The molecule has 170 valence electrons. The van der Waals surface area contributed by atoms with Crippen molar-refractivity contribution in [2.24, 2.45) is 5.10 Å². The Morgan fingerprint density at radius 2 is 1.85 bits per heavy atom. The molecule has 0 atom stereocenters. The molecule has 0 aliphatic rings. The number of methoxy groups -OCH3 is 1. The van der Waals surface area contributed by atoms with E-state index in [1.807, 2.05) is 0 Å². The van der Waals surface area contributed by atoms with Crippen LogP contribution in [0.4, 0.5) is 0 Å². The van der Waals surface area contributed by atoms with Crippen molar-refractivity contribution >= 4 is 41.3 Å². The van der Waals surface area contributed by atoms with Gasteiger partial charge in [0.15, 0.2) is 11.5 Å². The van der Waals surface area contributed by atoms with E-state index in [0.717, 1.165) is 0 Å². The number of ether oxygens (including phenoxy) is 3. The maximum Gasteiger partial charge on any atom is 0.345 e. The molecule has 0 bridgehead atoms.